The first-order chi connectivity index (χ1) is 9.97. The zero-order chi connectivity index (χ0) is 15.7. The summed E-state index contributed by atoms with van der Waals surface area (Å²) in [6.45, 7) is 3.68. The van der Waals surface area contributed by atoms with Crippen molar-refractivity contribution in [2.45, 2.75) is 11.8 Å². The molecule has 1 aromatic carbocycles. The second kappa shape index (κ2) is 8.99. The molecule has 0 atom stereocenters. The summed E-state index contributed by atoms with van der Waals surface area (Å²) in [6, 6.07) is 4.87. The van der Waals surface area contributed by atoms with E-state index >= 15 is 0 Å². The lowest BCUT2D eigenvalue weighted by molar-refractivity contribution is 0.0284. The van der Waals surface area contributed by atoms with Crippen molar-refractivity contribution in [3.8, 4) is 0 Å². The van der Waals surface area contributed by atoms with Crippen LogP contribution in [0.2, 0.25) is 0 Å². The predicted octanol–water partition coefficient (Wildman–Crippen LogP) is 1.03. The third kappa shape index (κ3) is 6.43. The van der Waals surface area contributed by atoms with E-state index in [2.05, 4.69) is 0 Å². The molecule has 0 fully saturated rings. The van der Waals surface area contributed by atoms with E-state index in [9.17, 15) is 8.42 Å². The van der Waals surface area contributed by atoms with Gasteiger partial charge in [-0.05, 0) is 24.6 Å². The van der Waals surface area contributed by atoms with E-state index in [-0.39, 0.29) is 17.3 Å². The molecule has 0 radical (unpaired) electrons. The van der Waals surface area contributed by atoms with Crippen LogP contribution in [0.1, 0.15) is 5.56 Å². The van der Waals surface area contributed by atoms with Gasteiger partial charge in [-0.25, -0.2) is 8.42 Å². The predicted molar refractivity (Wildman–Crippen MR) is 81.2 cm³/mol. The number of aryl methyl sites for hydroxylation is 1. The standard InChI is InChI=1S/C14H23NO5S/c1-12-3-4-13(15)11-14(12)21(16,17)10-9-20-8-7-19-6-5-18-2/h3-4,11H,5-10,15H2,1-2H3. The lowest BCUT2D eigenvalue weighted by Crippen LogP contribution is -2.16. The maximum absolute atomic E-state index is 12.2. The first kappa shape index (κ1) is 17.9. The van der Waals surface area contributed by atoms with Crippen LogP contribution in [0, 0.1) is 6.92 Å². The zero-order valence-corrected chi connectivity index (χ0v) is 13.3. The molecule has 2 N–H and O–H groups in total. The Morgan fingerprint density at radius 3 is 2.33 bits per heavy atom. The summed E-state index contributed by atoms with van der Waals surface area (Å²) >= 11 is 0. The molecular weight excluding hydrogens is 294 g/mol. The van der Waals surface area contributed by atoms with Gasteiger partial charge in [-0.15, -0.1) is 0 Å². The number of nitrogen functional groups attached to an aromatic ring is 1. The number of hydrogen-bond acceptors (Lipinski definition) is 6. The minimum absolute atomic E-state index is 0.0740. The molecular formula is C14H23NO5S. The summed E-state index contributed by atoms with van der Waals surface area (Å²) in [6.07, 6.45) is 0. The molecule has 0 heterocycles. The van der Waals surface area contributed by atoms with Crippen LogP contribution in [-0.2, 0) is 24.0 Å². The van der Waals surface area contributed by atoms with E-state index in [0.717, 1.165) is 0 Å². The summed E-state index contributed by atoms with van der Waals surface area (Å²) in [5.41, 5.74) is 6.76. The molecule has 0 saturated carbocycles. The lowest BCUT2D eigenvalue weighted by Gasteiger charge is -2.09. The van der Waals surface area contributed by atoms with Gasteiger partial charge in [-0.3, -0.25) is 0 Å². The van der Waals surface area contributed by atoms with Crippen LogP contribution in [0.15, 0.2) is 23.1 Å². The van der Waals surface area contributed by atoms with E-state index in [0.29, 0.717) is 37.7 Å². The first-order valence-corrected chi connectivity index (χ1v) is 8.36. The van der Waals surface area contributed by atoms with E-state index < -0.39 is 9.84 Å². The minimum Gasteiger partial charge on any atom is -0.399 e. The maximum atomic E-state index is 12.2. The monoisotopic (exact) mass is 317 g/mol. The Kier molecular flexibility index (Phi) is 7.66. The second-order valence-electron chi connectivity index (χ2n) is 4.56. The molecule has 6 nitrogen and oxygen atoms in total. The Labute approximate surface area is 126 Å². The average Bonchev–Trinajstić information content (AvgIpc) is 2.44. The minimum atomic E-state index is -3.38. The number of rotatable bonds is 10. The highest BCUT2D eigenvalue weighted by atomic mass is 32.2. The maximum Gasteiger partial charge on any atom is 0.180 e. The van der Waals surface area contributed by atoms with Crippen molar-refractivity contribution in [3.63, 3.8) is 0 Å². The Balaban J connectivity index is 2.35. The van der Waals surface area contributed by atoms with Gasteiger partial charge >= 0.3 is 0 Å². The summed E-state index contributed by atoms with van der Waals surface area (Å²) in [7, 11) is -1.78. The van der Waals surface area contributed by atoms with Gasteiger partial charge in [0.15, 0.2) is 9.84 Å². The second-order valence-corrected chi connectivity index (χ2v) is 6.64. The molecule has 0 aliphatic rings. The van der Waals surface area contributed by atoms with Gasteiger partial charge in [0.2, 0.25) is 0 Å². The average molecular weight is 317 g/mol. The molecule has 0 amide bonds. The van der Waals surface area contributed by atoms with E-state index in [4.69, 9.17) is 19.9 Å². The number of sulfone groups is 1. The molecule has 0 bridgehead atoms. The van der Waals surface area contributed by atoms with E-state index in [1.807, 2.05) is 0 Å². The fraction of sp³-hybridized carbons (Fsp3) is 0.571. The summed E-state index contributed by atoms with van der Waals surface area (Å²) in [4.78, 5) is 0.266. The quantitative estimate of drug-likeness (QED) is 0.512. The highest BCUT2D eigenvalue weighted by Crippen LogP contribution is 2.19. The first-order valence-electron chi connectivity index (χ1n) is 6.70. The van der Waals surface area contributed by atoms with Crippen LogP contribution < -0.4 is 5.73 Å². The van der Waals surface area contributed by atoms with Gasteiger partial charge in [-0.1, -0.05) is 6.07 Å². The molecule has 1 aromatic rings. The highest BCUT2D eigenvalue weighted by molar-refractivity contribution is 7.91. The van der Waals surface area contributed by atoms with Crippen molar-refractivity contribution in [1.82, 2.24) is 0 Å². The normalized spacial score (nSPS) is 11.7. The van der Waals surface area contributed by atoms with Gasteiger partial charge in [0, 0.05) is 12.8 Å². The van der Waals surface area contributed by atoms with Gasteiger partial charge in [-0.2, -0.15) is 0 Å². The fourth-order valence-corrected chi connectivity index (χ4v) is 3.13. The van der Waals surface area contributed by atoms with Crippen molar-refractivity contribution < 1.29 is 22.6 Å². The fourth-order valence-electron chi connectivity index (χ4n) is 1.69. The Morgan fingerprint density at radius 1 is 1.05 bits per heavy atom. The molecule has 0 aliphatic carbocycles. The van der Waals surface area contributed by atoms with E-state index in [1.54, 1.807) is 26.2 Å². The van der Waals surface area contributed by atoms with Crippen LogP contribution >= 0.6 is 0 Å². The number of anilines is 1. The molecule has 0 unspecified atom stereocenters. The van der Waals surface area contributed by atoms with Crippen LogP contribution in [-0.4, -0.2) is 54.3 Å². The number of hydrogen-bond donors (Lipinski definition) is 1. The van der Waals surface area contributed by atoms with Crippen LogP contribution in [0.5, 0.6) is 0 Å². The van der Waals surface area contributed by atoms with Gasteiger partial charge in [0.1, 0.15) is 0 Å². The van der Waals surface area contributed by atoms with Gasteiger partial charge < -0.3 is 19.9 Å². The number of ether oxygens (including phenoxy) is 3. The van der Waals surface area contributed by atoms with Crippen molar-refractivity contribution in [2.24, 2.45) is 0 Å². The van der Waals surface area contributed by atoms with Crippen LogP contribution in [0.25, 0.3) is 0 Å². The van der Waals surface area contributed by atoms with Crippen molar-refractivity contribution in [2.75, 3.05) is 51.6 Å². The van der Waals surface area contributed by atoms with Gasteiger partial charge in [0.25, 0.3) is 0 Å². The molecule has 21 heavy (non-hydrogen) atoms. The number of benzene rings is 1. The molecule has 1 rings (SSSR count). The third-order valence-corrected chi connectivity index (χ3v) is 4.66. The SMILES string of the molecule is COCCOCCOCCS(=O)(=O)c1cc(N)ccc1C. The molecule has 0 aliphatic heterocycles. The topological polar surface area (TPSA) is 87.9 Å². The van der Waals surface area contributed by atoms with E-state index in [1.165, 1.54) is 6.07 Å². The van der Waals surface area contributed by atoms with Crippen LogP contribution in [0.3, 0.4) is 0 Å². The van der Waals surface area contributed by atoms with Crippen molar-refractivity contribution in [1.29, 1.82) is 0 Å². The summed E-state index contributed by atoms with van der Waals surface area (Å²) in [5.74, 6) is -0.0740. The molecule has 7 heteroatoms. The molecule has 0 saturated heterocycles. The Hall–Kier alpha value is -1.15. The largest absolute Gasteiger partial charge is 0.399 e. The Bertz CT molecular complexity index is 530. The van der Waals surface area contributed by atoms with Gasteiger partial charge in [0.05, 0.1) is 43.7 Å². The molecule has 120 valence electrons. The van der Waals surface area contributed by atoms with Crippen LogP contribution in [0.4, 0.5) is 5.69 Å². The highest BCUT2D eigenvalue weighted by Gasteiger charge is 2.17. The zero-order valence-electron chi connectivity index (χ0n) is 12.5. The molecule has 0 spiro atoms. The third-order valence-electron chi connectivity index (χ3n) is 2.85. The van der Waals surface area contributed by atoms with Crippen molar-refractivity contribution >= 4 is 15.5 Å². The molecule has 0 aromatic heterocycles. The number of nitrogens with two attached hydrogens (primary N) is 1. The number of methoxy groups -OCH3 is 1. The Morgan fingerprint density at radius 2 is 1.67 bits per heavy atom. The lowest BCUT2D eigenvalue weighted by atomic mass is 10.2. The summed E-state index contributed by atoms with van der Waals surface area (Å²) in [5, 5.41) is 0. The smallest absolute Gasteiger partial charge is 0.180 e. The summed E-state index contributed by atoms with van der Waals surface area (Å²) < 4.78 is 39.7. The van der Waals surface area contributed by atoms with Crippen molar-refractivity contribution in [3.05, 3.63) is 23.8 Å².